The van der Waals surface area contributed by atoms with Gasteiger partial charge in [-0.25, -0.2) is 4.90 Å². The van der Waals surface area contributed by atoms with E-state index in [1.54, 1.807) is 48.5 Å². The van der Waals surface area contributed by atoms with E-state index in [0.717, 1.165) is 5.56 Å². The van der Waals surface area contributed by atoms with Crippen molar-refractivity contribution in [3.05, 3.63) is 65.2 Å². The lowest BCUT2D eigenvalue weighted by molar-refractivity contribution is -0.145. The Morgan fingerprint density at radius 3 is 2.26 bits per heavy atom. The summed E-state index contributed by atoms with van der Waals surface area (Å²) in [6.45, 7) is 0. The van der Waals surface area contributed by atoms with E-state index in [1.165, 1.54) is 12.0 Å². The van der Waals surface area contributed by atoms with Crippen LogP contribution in [-0.4, -0.2) is 30.9 Å². The molecule has 2 heterocycles. The van der Waals surface area contributed by atoms with Gasteiger partial charge in [0.15, 0.2) is 0 Å². The summed E-state index contributed by atoms with van der Waals surface area (Å²) in [4.78, 5) is 39.8. The first-order chi connectivity index (χ1) is 13.0. The largest absolute Gasteiger partial charge is 0.468 e. The van der Waals surface area contributed by atoms with Crippen LogP contribution in [0.1, 0.15) is 11.6 Å². The molecule has 4 atom stereocenters. The Balaban J connectivity index is 1.77. The van der Waals surface area contributed by atoms with Gasteiger partial charge in [0.1, 0.15) is 6.04 Å². The minimum atomic E-state index is -0.883. The number of anilines is 1. The standard InChI is InChI=1S/C20H17ClN2O4/c1-27-20(26)17-15-14(16(22-17)11-7-9-12(21)10-8-11)18(24)23(19(15)25)13-5-3-2-4-6-13/h2-10,14-17,22H,1H3/t14-,15+,16-,17-/m1/s1. The van der Waals surface area contributed by atoms with Gasteiger partial charge in [-0.05, 0) is 29.8 Å². The quantitative estimate of drug-likeness (QED) is 0.649. The lowest BCUT2D eigenvalue weighted by Gasteiger charge is -2.22. The molecule has 2 aliphatic rings. The number of hydrogen-bond donors (Lipinski definition) is 1. The van der Waals surface area contributed by atoms with Crippen LogP contribution in [0, 0.1) is 11.8 Å². The van der Waals surface area contributed by atoms with Gasteiger partial charge in [-0.1, -0.05) is 41.9 Å². The second kappa shape index (κ2) is 6.79. The van der Waals surface area contributed by atoms with Crippen LogP contribution < -0.4 is 10.2 Å². The SMILES string of the molecule is COC(=O)[C@@H]1N[C@H](c2ccc(Cl)cc2)[C@@H]2C(=O)N(c3ccccc3)C(=O)[C@@H]21. The lowest BCUT2D eigenvalue weighted by atomic mass is 9.86. The Morgan fingerprint density at radius 1 is 1.00 bits per heavy atom. The number of rotatable bonds is 3. The van der Waals surface area contributed by atoms with E-state index in [1.807, 2.05) is 6.07 Å². The van der Waals surface area contributed by atoms with Gasteiger partial charge in [0.05, 0.1) is 24.6 Å². The second-order valence-electron chi connectivity index (χ2n) is 6.60. The fraction of sp³-hybridized carbons (Fsp3) is 0.250. The maximum Gasteiger partial charge on any atom is 0.323 e. The number of imide groups is 1. The molecular formula is C20H17ClN2O4. The molecule has 2 saturated heterocycles. The van der Waals surface area contributed by atoms with Gasteiger partial charge in [-0.3, -0.25) is 19.7 Å². The molecule has 0 bridgehead atoms. The van der Waals surface area contributed by atoms with Crippen molar-refractivity contribution < 1.29 is 19.1 Å². The van der Waals surface area contributed by atoms with E-state index >= 15 is 0 Å². The van der Waals surface area contributed by atoms with Crippen molar-refractivity contribution in [2.45, 2.75) is 12.1 Å². The average molecular weight is 385 g/mol. The number of para-hydroxylation sites is 1. The van der Waals surface area contributed by atoms with Crippen LogP contribution in [0.25, 0.3) is 0 Å². The van der Waals surface area contributed by atoms with Crippen molar-refractivity contribution >= 4 is 35.1 Å². The van der Waals surface area contributed by atoms with E-state index in [2.05, 4.69) is 5.32 Å². The number of ether oxygens (including phenoxy) is 1. The first kappa shape index (κ1) is 17.7. The third-order valence-electron chi connectivity index (χ3n) is 5.17. The number of fused-ring (bicyclic) bond motifs is 1. The van der Waals surface area contributed by atoms with E-state index in [4.69, 9.17) is 16.3 Å². The van der Waals surface area contributed by atoms with E-state index in [0.29, 0.717) is 10.7 Å². The van der Waals surface area contributed by atoms with Gasteiger partial charge >= 0.3 is 5.97 Å². The van der Waals surface area contributed by atoms with Crippen LogP contribution >= 0.6 is 11.6 Å². The molecule has 6 nitrogen and oxygen atoms in total. The summed E-state index contributed by atoms with van der Waals surface area (Å²) in [5.74, 6) is -2.78. The van der Waals surface area contributed by atoms with Crippen molar-refractivity contribution in [2.75, 3.05) is 12.0 Å². The fourth-order valence-electron chi connectivity index (χ4n) is 3.96. The summed E-state index contributed by atoms with van der Waals surface area (Å²) < 4.78 is 4.87. The number of halogens is 1. The molecule has 2 fully saturated rings. The number of carbonyl (C=O) groups excluding carboxylic acids is 3. The molecule has 138 valence electrons. The molecule has 2 aliphatic heterocycles. The number of carbonyl (C=O) groups is 3. The van der Waals surface area contributed by atoms with E-state index in [-0.39, 0.29) is 5.91 Å². The Bertz CT molecular complexity index is 900. The van der Waals surface area contributed by atoms with Crippen LogP contribution in [0.3, 0.4) is 0 Å². The molecule has 0 unspecified atom stereocenters. The maximum absolute atomic E-state index is 13.2. The molecule has 0 spiro atoms. The Hall–Kier alpha value is -2.70. The number of hydrogen-bond acceptors (Lipinski definition) is 5. The molecule has 2 amide bonds. The van der Waals surface area contributed by atoms with E-state index in [9.17, 15) is 14.4 Å². The molecule has 0 aromatic heterocycles. The van der Waals surface area contributed by atoms with Crippen LogP contribution in [-0.2, 0) is 19.1 Å². The lowest BCUT2D eigenvalue weighted by Crippen LogP contribution is -2.43. The van der Waals surface area contributed by atoms with Crippen LogP contribution in [0.5, 0.6) is 0 Å². The van der Waals surface area contributed by atoms with Crippen molar-refractivity contribution in [2.24, 2.45) is 11.8 Å². The number of amides is 2. The van der Waals surface area contributed by atoms with Crippen molar-refractivity contribution in [1.82, 2.24) is 5.32 Å². The highest BCUT2D eigenvalue weighted by Gasteiger charge is 2.61. The Labute approximate surface area is 161 Å². The summed E-state index contributed by atoms with van der Waals surface area (Å²) >= 11 is 5.96. The number of esters is 1. The minimum Gasteiger partial charge on any atom is -0.468 e. The molecule has 0 aliphatic carbocycles. The Kier molecular flexibility index (Phi) is 4.45. The van der Waals surface area contributed by atoms with Gasteiger partial charge in [0, 0.05) is 11.1 Å². The normalized spacial score (nSPS) is 27.0. The zero-order valence-electron chi connectivity index (χ0n) is 14.5. The van der Waals surface area contributed by atoms with Crippen LogP contribution in [0.15, 0.2) is 54.6 Å². The number of benzene rings is 2. The fourth-order valence-corrected chi connectivity index (χ4v) is 4.09. The zero-order chi connectivity index (χ0) is 19.1. The van der Waals surface area contributed by atoms with Crippen LogP contribution in [0.2, 0.25) is 5.02 Å². The van der Waals surface area contributed by atoms with Gasteiger partial charge in [-0.2, -0.15) is 0 Å². The predicted molar refractivity (Wildman–Crippen MR) is 99.0 cm³/mol. The molecule has 7 heteroatoms. The molecule has 27 heavy (non-hydrogen) atoms. The van der Waals surface area contributed by atoms with Gasteiger partial charge in [0.25, 0.3) is 0 Å². The molecule has 4 rings (SSSR count). The highest BCUT2D eigenvalue weighted by Crippen LogP contribution is 2.45. The summed E-state index contributed by atoms with van der Waals surface area (Å²) in [7, 11) is 1.27. The smallest absolute Gasteiger partial charge is 0.323 e. The number of nitrogens with zero attached hydrogens (tertiary/aromatic N) is 1. The third-order valence-corrected chi connectivity index (χ3v) is 5.43. The number of methoxy groups -OCH3 is 1. The monoisotopic (exact) mass is 384 g/mol. The predicted octanol–water partition coefficient (Wildman–Crippen LogP) is 2.33. The third kappa shape index (κ3) is 2.81. The first-order valence-electron chi connectivity index (χ1n) is 8.55. The average Bonchev–Trinajstić information content (AvgIpc) is 3.20. The number of nitrogens with one attached hydrogen (secondary N) is 1. The summed E-state index contributed by atoms with van der Waals surface area (Å²) in [5.41, 5.74) is 1.29. The first-order valence-corrected chi connectivity index (χ1v) is 8.93. The van der Waals surface area contributed by atoms with Gasteiger partial charge < -0.3 is 4.74 Å². The highest BCUT2D eigenvalue weighted by atomic mass is 35.5. The van der Waals surface area contributed by atoms with E-state index < -0.39 is 35.8 Å². The van der Waals surface area contributed by atoms with Crippen LogP contribution in [0.4, 0.5) is 5.69 Å². The van der Waals surface area contributed by atoms with Crippen molar-refractivity contribution in [3.63, 3.8) is 0 Å². The highest BCUT2D eigenvalue weighted by molar-refractivity contribution is 6.30. The summed E-state index contributed by atoms with van der Waals surface area (Å²) in [6.07, 6.45) is 0. The van der Waals surface area contributed by atoms with Gasteiger partial charge in [0.2, 0.25) is 11.8 Å². The van der Waals surface area contributed by atoms with Crippen molar-refractivity contribution in [1.29, 1.82) is 0 Å². The topological polar surface area (TPSA) is 75.7 Å². The molecule has 2 aromatic rings. The molecule has 2 aromatic carbocycles. The summed E-state index contributed by atoms with van der Waals surface area (Å²) in [6, 6.07) is 14.4. The Morgan fingerprint density at radius 2 is 1.63 bits per heavy atom. The molecule has 1 N–H and O–H groups in total. The minimum absolute atomic E-state index is 0.324. The molecule has 0 saturated carbocycles. The maximum atomic E-state index is 13.2. The van der Waals surface area contributed by atoms with Gasteiger partial charge in [-0.15, -0.1) is 0 Å². The molecular weight excluding hydrogens is 368 g/mol. The summed E-state index contributed by atoms with van der Waals surface area (Å²) in [5, 5.41) is 3.69. The molecule has 0 radical (unpaired) electrons. The zero-order valence-corrected chi connectivity index (χ0v) is 15.2. The second-order valence-corrected chi connectivity index (χ2v) is 7.03. The van der Waals surface area contributed by atoms with Crippen molar-refractivity contribution in [3.8, 4) is 0 Å².